The van der Waals surface area contributed by atoms with Crippen molar-refractivity contribution >= 4 is 17.3 Å². The number of para-hydroxylation sites is 1. The molecule has 5 nitrogen and oxygen atoms in total. The van der Waals surface area contributed by atoms with Gasteiger partial charge in [-0.1, -0.05) is 48.0 Å². The average Bonchev–Trinajstić information content (AvgIpc) is 2.75. The monoisotopic (exact) mass is 410 g/mol. The van der Waals surface area contributed by atoms with Crippen molar-refractivity contribution < 1.29 is 9.15 Å². The number of ether oxygens (including phenoxy) is 1. The molecule has 29 heavy (non-hydrogen) atoms. The zero-order valence-electron chi connectivity index (χ0n) is 16.1. The van der Waals surface area contributed by atoms with Crippen molar-refractivity contribution in [3.63, 3.8) is 0 Å². The maximum absolute atomic E-state index is 12.4. The van der Waals surface area contributed by atoms with E-state index in [0.717, 1.165) is 31.7 Å². The van der Waals surface area contributed by atoms with Crippen molar-refractivity contribution in [1.29, 1.82) is 0 Å². The molecule has 1 saturated heterocycles. The molecule has 0 bridgehead atoms. The Morgan fingerprint density at radius 3 is 2.41 bits per heavy atom. The molecule has 0 atom stereocenters. The maximum Gasteiger partial charge on any atom is 0.227 e. The Bertz CT molecular complexity index is 998. The van der Waals surface area contributed by atoms with Gasteiger partial charge < -0.3 is 14.1 Å². The first kappa shape index (κ1) is 19.6. The van der Waals surface area contributed by atoms with Gasteiger partial charge in [0, 0.05) is 48.5 Å². The van der Waals surface area contributed by atoms with Gasteiger partial charge in [-0.05, 0) is 18.2 Å². The summed E-state index contributed by atoms with van der Waals surface area (Å²) >= 11 is 6.12. The molecule has 4 rings (SSSR count). The van der Waals surface area contributed by atoms with Gasteiger partial charge >= 0.3 is 0 Å². The molecule has 1 aromatic heterocycles. The highest BCUT2D eigenvalue weighted by atomic mass is 35.5. The molecule has 0 radical (unpaired) electrons. The van der Waals surface area contributed by atoms with Gasteiger partial charge in [0.2, 0.25) is 11.2 Å². The lowest BCUT2D eigenvalue weighted by molar-refractivity contribution is 0.224. The topological polar surface area (TPSA) is 45.9 Å². The van der Waals surface area contributed by atoms with E-state index < -0.39 is 0 Å². The first-order chi connectivity index (χ1) is 14.2. The molecule has 2 heterocycles. The van der Waals surface area contributed by atoms with Crippen molar-refractivity contribution in [1.82, 2.24) is 4.90 Å². The van der Waals surface area contributed by atoms with Crippen LogP contribution in [-0.2, 0) is 13.2 Å². The second kappa shape index (κ2) is 9.16. The summed E-state index contributed by atoms with van der Waals surface area (Å²) in [6, 6.07) is 19.3. The fraction of sp³-hybridized carbons (Fsp3) is 0.261. The zero-order chi connectivity index (χ0) is 20.1. The second-order valence-corrected chi connectivity index (χ2v) is 7.46. The fourth-order valence-electron chi connectivity index (χ4n) is 3.42. The highest BCUT2D eigenvalue weighted by Crippen LogP contribution is 2.19. The average molecular weight is 411 g/mol. The minimum absolute atomic E-state index is 0.179. The number of piperazine rings is 1. The number of benzene rings is 2. The van der Waals surface area contributed by atoms with Crippen molar-refractivity contribution in [2.75, 3.05) is 31.1 Å². The molecule has 2 aromatic carbocycles. The van der Waals surface area contributed by atoms with E-state index in [2.05, 4.69) is 34.1 Å². The van der Waals surface area contributed by atoms with Gasteiger partial charge in [0.25, 0.3) is 0 Å². The van der Waals surface area contributed by atoms with Gasteiger partial charge in [-0.2, -0.15) is 0 Å². The Labute approximate surface area is 175 Å². The first-order valence-electron chi connectivity index (χ1n) is 9.69. The summed E-state index contributed by atoms with van der Waals surface area (Å²) in [4.78, 5) is 17.0. The minimum Gasteiger partial charge on any atom is -0.482 e. The molecular weight excluding hydrogens is 388 g/mol. The van der Waals surface area contributed by atoms with Crippen LogP contribution in [0.2, 0.25) is 5.02 Å². The molecular formula is C23H23ClN2O3. The van der Waals surface area contributed by atoms with E-state index in [1.807, 2.05) is 24.3 Å². The number of rotatable bonds is 6. The molecule has 1 fully saturated rings. The van der Waals surface area contributed by atoms with Crippen LogP contribution in [0.15, 0.2) is 76.1 Å². The van der Waals surface area contributed by atoms with E-state index in [9.17, 15) is 4.79 Å². The van der Waals surface area contributed by atoms with Crippen molar-refractivity contribution in [2.45, 2.75) is 13.2 Å². The van der Waals surface area contributed by atoms with E-state index in [4.69, 9.17) is 20.8 Å². The number of hydrogen-bond donors (Lipinski definition) is 0. The van der Waals surface area contributed by atoms with Crippen LogP contribution < -0.4 is 15.1 Å². The summed E-state index contributed by atoms with van der Waals surface area (Å²) in [5.41, 5.74) is 1.90. The molecule has 0 spiro atoms. The smallest absolute Gasteiger partial charge is 0.227 e. The van der Waals surface area contributed by atoms with Gasteiger partial charge in [0.05, 0.1) is 6.54 Å². The quantitative estimate of drug-likeness (QED) is 0.609. The normalized spacial score (nSPS) is 14.7. The van der Waals surface area contributed by atoms with Crippen LogP contribution in [0.1, 0.15) is 11.3 Å². The van der Waals surface area contributed by atoms with Crippen molar-refractivity contribution in [3.05, 3.63) is 93.5 Å². The van der Waals surface area contributed by atoms with Gasteiger partial charge in [-0.3, -0.25) is 9.69 Å². The van der Waals surface area contributed by atoms with E-state index in [1.54, 1.807) is 6.07 Å². The number of hydrogen-bond acceptors (Lipinski definition) is 5. The lowest BCUT2D eigenvalue weighted by Gasteiger charge is -2.35. The maximum atomic E-state index is 12.4. The molecule has 6 heteroatoms. The van der Waals surface area contributed by atoms with E-state index in [1.165, 1.54) is 18.0 Å². The Kier molecular flexibility index (Phi) is 6.17. The fourth-order valence-corrected chi connectivity index (χ4v) is 3.61. The van der Waals surface area contributed by atoms with Gasteiger partial charge in [-0.15, -0.1) is 0 Å². The predicted octanol–water partition coefficient (Wildman–Crippen LogP) is 4.19. The highest BCUT2D eigenvalue weighted by molar-refractivity contribution is 6.31. The SMILES string of the molecule is O=c1cc(CN2CCN(c3ccccc3)CC2)occ1OCc1ccccc1Cl. The summed E-state index contributed by atoms with van der Waals surface area (Å²) in [6.07, 6.45) is 1.40. The highest BCUT2D eigenvalue weighted by Gasteiger charge is 2.18. The standard InChI is InChI=1S/C23H23ClN2O3/c24-21-9-5-4-6-18(21)16-29-23-17-28-20(14-22(23)27)15-25-10-12-26(13-11-25)19-7-2-1-3-8-19/h1-9,14,17H,10-13,15-16H2. The first-order valence-corrected chi connectivity index (χ1v) is 10.1. The number of anilines is 1. The molecule has 3 aromatic rings. The summed E-state index contributed by atoms with van der Waals surface area (Å²) in [6.45, 7) is 4.58. The van der Waals surface area contributed by atoms with Crippen LogP contribution in [-0.4, -0.2) is 31.1 Å². The molecule has 0 saturated carbocycles. The third kappa shape index (κ3) is 5.00. The van der Waals surface area contributed by atoms with Crippen LogP contribution in [0.3, 0.4) is 0 Å². The van der Waals surface area contributed by atoms with E-state index in [0.29, 0.717) is 17.3 Å². The van der Waals surface area contributed by atoms with E-state index >= 15 is 0 Å². The van der Waals surface area contributed by atoms with Crippen LogP contribution in [0.25, 0.3) is 0 Å². The summed E-state index contributed by atoms with van der Waals surface area (Å²) < 4.78 is 11.3. The Balaban J connectivity index is 1.32. The molecule has 1 aliphatic rings. The number of nitrogens with zero attached hydrogens (tertiary/aromatic N) is 2. The Hall–Kier alpha value is -2.76. The van der Waals surface area contributed by atoms with Crippen LogP contribution in [0.5, 0.6) is 5.75 Å². The Morgan fingerprint density at radius 1 is 0.966 bits per heavy atom. The molecule has 150 valence electrons. The summed E-state index contributed by atoms with van der Waals surface area (Å²) in [5.74, 6) is 0.843. The number of halogens is 1. The van der Waals surface area contributed by atoms with Gasteiger partial charge in [0.1, 0.15) is 18.6 Å². The van der Waals surface area contributed by atoms with E-state index in [-0.39, 0.29) is 17.8 Å². The van der Waals surface area contributed by atoms with Crippen molar-refractivity contribution in [2.24, 2.45) is 0 Å². The summed E-state index contributed by atoms with van der Waals surface area (Å²) in [5, 5.41) is 0.614. The molecule has 0 unspecified atom stereocenters. The lowest BCUT2D eigenvalue weighted by Crippen LogP contribution is -2.46. The third-order valence-corrected chi connectivity index (χ3v) is 5.44. The molecule has 0 aliphatic carbocycles. The molecule has 1 aliphatic heterocycles. The van der Waals surface area contributed by atoms with Crippen LogP contribution in [0.4, 0.5) is 5.69 Å². The minimum atomic E-state index is -0.179. The lowest BCUT2D eigenvalue weighted by atomic mass is 10.2. The van der Waals surface area contributed by atoms with Crippen LogP contribution >= 0.6 is 11.6 Å². The second-order valence-electron chi connectivity index (χ2n) is 7.05. The van der Waals surface area contributed by atoms with Gasteiger partial charge in [0.15, 0.2) is 0 Å². The van der Waals surface area contributed by atoms with Crippen LogP contribution in [0, 0.1) is 0 Å². The largest absolute Gasteiger partial charge is 0.482 e. The predicted molar refractivity (Wildman–Crippen MR) is 115 cm³/mol. The molecule has 0 N–H and O–H groups in total. The van der Waals surface area contributed by atoms with Gasteiger partial charge in [-0.25, -0.2) is 0 Å². The molecule has 0 amide bonds. The zero-order valence-corrected chi connectivity index (χ0v) is 16.8. The Morgan fingerprint density at radius 2 is 1.69 bits per heavy atom. The third-order valence-electron chi connectivity index (χ3n) is 5.07. The van der Waals surface area contributed by atoms with Crippen molar-refractivity contribution in [3.8, 4) is 5.75 Å². The summed E-state index contributed by atoms with van der Waals surface area (Å²) in [7, 11) is 0.